The summed E-state index contributed by atoms with van der Waals surface area (Å²) in [6.45, 7) is 1.73. The third-order valence-electron chi connectivity index (χ3n) is 3.28. The van der Waals surface area contributed by atoms with Gasteiger partial charge >= 0.3 is 0 Å². The predicted octanol–water partition coefficient (Wildman–Crippen LogP) is 2.66. The summed E-state index contributed by atoms with van der Waals surface area (Å²) in [6.07, 6.45) is 6.70. The lowest BCUT2D eigenvalue weighted by Crippen LogP contribution is -2.21. The third-order valence-corrected chi connectivity index (χ3v) is 4.54. The highest BCUT2D eigenvalue weighted by atomic mass is 32.1. The van der Waals surface area contributed by atoms with Gasteiger partial charge in [0.2, 0.25) is 0 Å². The Balaban J connectivity index is 1.96. The monoisotopic (exact) mass is 296 g/mol. The standard InChI is InChI=1S/C15H12N4OS/c1-15(20,11-2-4-17-5-3-11)13-9-19-14(21-13)10-6-12(7-16)18-8-10/h2-6,8-9,18,20H,1H3. The topological polar surface area (TPSA) is 85.6 Å². The Kier molecular flexibility index (Phi) is 3.29. The van der Waals surface area contributed by atoms with Crippen molar-refractivity contribution in [1.29, 1.82) is 5.26 Å². The van der Waals surface area contributed by atoms with E-state index in [1.54, 1.807) is 49.9 Å². The molecule has 1 atom stereocenters. The zero-order valence-corrected chi connectivity index (χ0v) is 12.1. The van der Waals surface area contributed by atoms with E-state index in [2.05, 4.69) is 15.0 Å². The van der Waals surface area contributed by atoms with Crippen molar-refractivity contribution in [3.63, 3.8) is 0 Å². The molecule has 104 valence electrons. The fourth-order valence-corrected chi connectivity index (χ4v) is 3.01. The second kappa shape index (κ2) is 5.13. The normalized spacial score (nSPS) is 13.6. The van der Waals surface area contributed by atoms with Crippen LogP contribution in [0.5, 0.6) is 0 Å². The summed E-state index contributed by atoms with van der Waals surface area (Å²) in [4.78, 5) is 11.9. The first-order valence-electron chi connectivity index (χ1n) is 6.29. The molecule has 0 saturated carbocycles. The highest BCUT2D eigenvalue weighted by molar-refractivity contribution is 7.15. The van der Waals surface area contributed by atoms with Gasteiger partial charge in [-0.25, -0.2) is 4.98 Å². The van der Waals surface area contributed by atoms with Gasteiger partial charge in [-0.05, 0) is 30.7 Å². The molecule has 0 radical (unpaired) electrons. The van der Waals surface area contributed by atoms with Crippen LogP contribution in [0.25, 0.3) is 10.6 Å². The lowest BCUT2D eigenvalue weighted by atomic mass is 9.96. The van der Waals surface area contributed by atoms with Crippen LogP contribution in [0.1, 0.15) is 23.1 Å². The third kappa shape index (κ3) is 2.44. The van der Waals surface area contributed by atoms with Crippen LogP contribution in [-0.2, 0) is 5.60 Å². The highest BCUT2D eigenvalue weighted by Gasteiger charge is 2.28. The lowest BCUT2D eigenvalue weighted by Gasteiger charge is -2.21. The SMILES string of the molecule is CC(O)(c1ccncc1)c1cnc(-c2c[nH]c(C#N)c2)s1. The molecule has 0 aromatic carbocycles. The molecule has 2 N–H and O–H groups in total. The molecule has 3 heterocycles. The Hall–Kier alpha value is -2.49. The fourth-order valence-electron chi connectivity index (χ4n) is 2.03. The van der Waals surface area contributed by atoms with Crippen LogP contribution in [0, 0.1) is 11.3 Å². The van der Waals surface area contributed by atoms with Gasteiger partial charge in [-0.1, -0.05) is 0 Å². The first kappa shape index (κ1) is 13.5. The van der Waals surface area contributed by atoms with E-state index in [1.165, 1.54) is 11.3 Å². The summed E-state index contributed by atoms with van der Waals surface area (Å²) in [7, 11) is 0. The van der Waals surface area contributed by atoms with Crippen LogP contribution in [0.2, 0.25) is 0 Å². The molecule has 21 heavy (non-hydrogen) atoms. The van der Waals surface area contributed by atoms with Crippen LogP contribution >= 0.6 is 11.3 Å². The van der Waals surface area contributed by atoms with E-state index in [9.17, 15) is 5.11 Å². The van der Waals surface area contributed by atoms with Gasteiger partial charge in [0.05, 0.1) is 4.88 Å². The minimum Gasteiger partial charge on any atom is -0.380 e. The molecule has 0 aliphatic carbocycles. The second-order valence-electron chi connectivity index (χ2n) is 4.75. The summed E-state index contributed by atoms with van der Waals surface area (Å²) in [5, 5.41) is 20.3. The van der Waals surface area contributed by atoms with E-state index < -0.39 is 5.60 Å². The lowest BCUT2D eigenvalue weighted by molar-refractivity contribution is 0.106. The number of hydrogen-bond acceptors (Lipinski definition) is 5. The van der Waals surface area contributed by atoms with Crippen LogP contribution in [0.15, 0.2) is 43.0 Å². The summed E-state index contributed by atoms with van der Waals surface area (Å²) in [5.41, 5.74) is 0.975. The molecule has 0 aliphatic rings. The molecular formula is C15H12N4OS. The van der Waals surface area contributed by atoms with Crippen molar-refractivity contribution in [3.8, 4) is 16.6 Å². The number of thiazole rings is 1. The summed E-state index contributed by atoms with van der Waals surface area (Å²) < 4.78 is 0. The molecule has 5 nitrogen and oxygen atoms in total. The Morgan fingerprint density at radius 1 is 1.38 bits per heavy atom. The van der Waals surface area contributed by atoms with Crippen molar-refractivity contribution in [2.75, 3.05) is 0 Å². The molecule has 0 amide bonds. The molecule has 6 heteroatoms. The van der Waals surface area contributed by atoms with E-state index >= 15 is 0 Å². The van der Waals surface area contributed by atoms with Crippen molar-refractivity contribution in [2.24, 2.45) is 0 Å². The number of nitrogens with one attached hydrogen (secondary N) is 1. The minimum absolute atomic E-state index is 0.489. The van der Waals surface area contributed by atoms with E-state index in [4.69, 9.17) is 5.26 Å². The Bertz CT molecular complexity index is 798. The smallest absolute Gasteiger partial charge is 0.125 e. The van der Waals surface area contributed by atoms with Crippen LogP contribution in [-0.4, -0.2) is 20.1 Å². The molecule has 0 fully saturated rings. The van der Waals surface area contributed by atoms with Gasteiger partial charge in [0, 0.05) is 30.4 Å². The largest absolute Gasteiger partial charge is 0.380 e. The number of nitriles is 1. The van der Waals surface area contributed by atoms with Crippen molar-refractivity contribution in [1.82, 2.24) is 15.0 Å². The van der Waals surface area contributed by atoms with Gasteiger partial charge in [0.15, 0.2) is 0 Å². The predicted molar refractivity (Wildman–Crippen MR) is 79.5 cm³/mol. The number of H-pyrrole nitrogens is 1. The summed E-state index contributed by atoms with van der Waals surface area (Å²) in [5.74, 6) is 0. The van der Waals surface area contributed by atoms with Crippen molar-refractivity contribution in [3.05, 3.63) is 59.1 Å². The second-order valence-corrected chi connectivity index (χ2v) is 5.78. The van der Waals surface area contributed by atoms with Crippen LogP contribution < -0.4 is 0 Å². The van der Waals surface area contributed by atoms with Crippen molar-refractivity contribution < 1.29 is 5.11 Å². The van der Waals surface area contributed by atoms with Gasteiger partial charge in [-0.3, -0.25) is 4.98 Å². The fraction of sp³-hybridized carbons (Fsp3) is 0.133. The Morgan fingerprint density at radius 2 is 2.14 bits per heavy atom. The number of rotatable bonds is 3. The minimum atomic E-state index is -1.12. The number of aliphatic hydroxyl groups is 1. The number of hydrogen-bond donors (Lipinski definition) is 2. The average Bonchev–Trinajstić information content (AvgIpc) is 3.17. The summed E-state index contributed by atoms with van der Waals surface area (Å²) >= 11 is 1.40. The molecule has 3 aromatic heterocycles. The van der Waals surface area contributed by atoms with Crippen molar-refractivity contribution >= 4 is 11.3 Å². The average molecular weight is 296 g/mol. The molecule has 0 saturated heterocycles. The van der Waals surface area contributed by atoms with Gasteiger partial charge in [-0.15, -0.1) is 11.3 Å². The maximum atomic E-state index is 10.8. The molecule has 3 rings (SSSR count). The Labute approximate surface area is 125 Å². The summed E-state index contributed by atoms with van der Waals surface area (Å²) in [6, 6.07) is 7.35. The highest BCUT2D eigenvalue weighted by Crippen LogP contribution is 2.35. The zero-order chi connectivity index (χ0) is 14.9. The van der Waals surface area contributed by atoms with Gasteiger partial charge in [-0.2, -0.15) is 5.26 Å². The molecule has 0 bridgehead atoms. The quantitative estimate of drug-likeness (QED) is 0.778. The maximum absolute atomic E-state index is 10.8. The first-order valence-corrected chi connectivity index (χ1v) is 7.11. The van der Waals surface area contributed by atoms with Crippen LogP contribution in [0.3, 0.4) is 0 Å². The molecule has 0 spiro atoms. The number of aromatic amines is 1. The molecule has 1 unspecified atom stereocenters. The van der Waals surface area contributed by atoms with E-state index in [0.29, 0.717) is 5.69 Å². The van der Waals surface area contributed by atoms with E-state index in [0.717, 1.165) is 21.0 Å². The zero-order valence-electron chi connectivity index (χ0n) is 11.2. The molecule has 0 aliphatic heterocycles. The first-order chi connectivity index (χ1) is 10.1. The molecular weight excluding hydrogens is 284 g/mol. The number of aromatic nitrogens is 3. The molecule has 3 aromatic rings. The van der Waals surface area contributed by atoms with Gasteiger partial charge in [0.25, 0.3) is 0 Å². The van der Waals surface area contributed by atoms with Crippen molar-refractivity contribution in [2.45, 2.75) is 12.5 Å². The van der Waals surface area contributed by atoms with Gasteiger partial charge < -0.3 is 10.1 Å². The van der Waals surface area contributed by atoms with E-state index in [-0.39, 0.29) is 0 Å². The number of nitrogens with zero attached hydrogens (tertiary/aromatic N) is 3. The maximum Gasteiger partial charge on any atom is 0.125 e. The van der Waals surface area contributed by atoms with Gasteiger partial charge in [0.1, 0.15) is 22.4 Å². The Morgan fingerprint density at radius 3 is 2.81 bits per heavy atom. The van der Waals surface area contributed by atoms with Crippen LogP contribution in [0.4, 0.5) is 0 Å². The number of pyridine rings is 1. The van der Waals surface area contributed by atoms with E-state index in [1.807, 2.05) is 6.07 Å².